The molecule has 0 amide bonds. The van der Waals surface area contributed by atoms with Crippen molar-refractivity contribution >= 4 is 0 Å². The van der Waals surface area contributed by atoms with Crippen molar-refractivity contribution in [1.82, 2.24) is 24.6 Å². The van der Waals surface area contributed by atoms with Crippen molar-refractivity contribution in [2.75, 3.05) is 6.54 Å². The van der Waals surface area contributed by atoms with Gasteiger partial charge in [-0.1, -0.05) is 20.8 Å². The van der Waals surface area contributed by atoms with E-state index in [0.29, 0.717) is 0 Å². The van der Waals surface area contributed by atoms with E-state index in [-0.39, 0.29) is 5.41 Å². The maximum absolute atomic E-state index is 4.89. The first-order valence-corrected chi connectivity index (χ1v) is 7.32. The molecular formula is C15H23N5. The lowest BCUT2D eigenvalue weighted by Gasteiger charge is -2.22. The zero-order chi connectivity index (χ0) is 14.2. The number of fused-ring (bicyclic) bond motifs is 1. The number of hydrogen-bond donors (Lipinski definition) is 1. The third kappa shape index (κ3) is 2.50. The van der Waals surface area contributed by atoms with Gasteiger partial charge in [-0.05, 0) is 6.07 Å². The Balaban J connectivity index is 1.92. The van der Waals surface area contributed by atoms with E-state index in [2.05, 4.69) is 35.8 Å². The van der Waals surface area contributed by atoms with Gasteiger partial charge < -0.3 is 9.88 Å². The van der Waals surface area contributed by atoms with Crippen LogP contribution in [-0.2, 0) is 31.5 Å². The number of nitrogens with one attached hydrogen (secondary N) is 1. The van der Waals surface area contributed by atoms with Crippen molar-refractivity contribution in [3.8, 4) is 0 Å². The highest BCUT2D eigenvalue weighted by Crippen LogP contribution is 2.26. The predicted molar refractivity (Wildman–Crippen MR) is 78.6 cm³/mol. The third-order valence-corrected chi connectivity index (χ3v) is 3.77. The molecule has 1 aliphatic heterocycles. The van der Waals surface area contributed by atoms with Gasteiger partial charge in [0.05, 0.1) is 12.2 Å². The van der Waals surface area contributed by atoms with E-state index in [9.17, 15) is 0 Å². The summed E-state index contributed by atoms with van der Waals surface area (Å²) < 4.78 is 4.40. The molecule has 0 radical (unpaired) electrons. The van der Waals surface area contributed by atoms with E-state index < -0.39 is 0 Å². The molecule has 0 saturated heterocycles. The summed E-state index contributed by atoms with van der Waals surface area (Å²) in [5, 5.41) is 7.70. The van der Waals surface area contributed by atoms with Gasteiger partial charge in [0.2, 0.25) is 0 Å². The Morgan fingerprint density at radius 2 is 2.15 bits per heavy atom. The Labute approximate surface area is 120 Å². The fourth-order valence-corrected chi connectivity index (χ4v) is 2.82. The lowest BCUT2D eigenvalue weighted by molar-refractivity contribution is 0.453. The molecular weight excluding hydrogens is 250 g/mol. The monoisotopic (exact) mass is 273 g/mol. The van der Waals surface area contributed by atoms with Crippen LogP contribution in [0.3, 0.4) is 0 Å². The Hall–Kier alpha value is -1.62. The smallest absolute Gasteiger partial charge is 0.114 e. The van der Waals surface area contributed by atoms with Gasteiger partial charge >= 0.3 is 0 Å². The number of rotatable bonds is 3. The summed E-state index contributed by atoms with van der Waals surface area (Å²) in [5.41, 5.74) is 2.70. The largest absolute Gasteiger partial charge is 0.329 e. The number of nitrogens with zero attached hydrogens (tertiary/aromatic N) is 4. The second kappa shape index (κ2) is 5.05. The fourth-order valence-electron chi connectivity index (χ4n) is 2.82. The molecule has 0 aromatic carbocycles. The lowest BCUT2D eigenvalue weighted by atomic mass is 9.95. The molecule has 2 aromatic heterocycles. The van der Waals surface area contributed by atoms with Crippen molar-refractivity contribution in [3.05, 3.63) is 35.7 Å². The lowest BCUT2D eigenvalue weighted by Crippen LogP contribution is -2.26. The first-order valence-electron chi connectivity index (χ1n) is 7.32. The summed E-state index contributed by atoms with van der Waals surface area (Å²) >= 11 is 0. The van der Waals surface area contributed by atoms with Crippen LogP contribution in [0.15, 0.2) is 18.5 Å². The van der Waals surface area contributed by atoms with Crippen LogP contribution in [-0.4, -0.2) is 25.9 Å². The number of imidazole rings is 1. The van der Waals surface area contributed by atoms with Crippen molar-refractivity contribution in [3.63, 3.8) is 0 Å². The zero-order valence-electron chi connectivity index (χ0n) is 12.6. The first-order chi connectivity index (χ1) is 9.55. The highest BCUT2D eigenvalue weighted by Gasteiger charge is 2.26. The fraction of sp³-hybridized carbons (Fsp3) is 0.600. The number of aromatic nitrogens is 4. The third-order valence-electron chi connectivity index (χ3n) is 3.77. The number of hydrogen-bond acceptors (Lipinski definition) is 3. The summed E-state index contributed by atoms with van der Waals surface area (Å²) in [5.74, 6) is 1.19. The van der Waals surface area contributed by atoms with E-state index in [1.807, 2.05) is 23.1 Å². The van der Waals surface area contributed by atoms with Crippen LogP contribution in [0.25, 0.3) is 0 Å². The molecule has 2 aromatic rings. The Kier molecular flexibility index (Phi) is 3.38. The SMILES string of the molecule is CC(C)(C)c1nc2c(n1CCn1cccn1)CCNC2. The molecule has 3 rings (SSSR count). The minimum absolute atomic E-state index is 0.0709. The first kappa shape index (κ1) is 13.4. The predicted octanol–water partition coefficient (Wildman–Crippen LogP) is 1.72. The molecule has 0 unspecified atom stereocenters. The Morgan fingerprint density at radius 3 is 2.85 bits per heavy atom. The molecule has 0 atom stereocenters. The average molecular weight is 273 g/mol. The van der Waals surface area contributed by atoms with Crippen LogP contribution in [0.4, 0.5) is 0 Å². The minimum Gasteiger partial charge on any atom is -0.329 e. The van der Waals surface area contributed by atoms with E-state index in [1.54, 1.807) is 0 Å². The molecule has 0 spiro atoms. The quantitative estimate of drug-likeness (QED) is 0.926. The molecule has 1 aliphatic rings. The molecule has 1 N–H and O–H groups in total. The molecule has 5 nitrogen and oxygen atoms in total. The maximum Gasteiger partial charge on any atom is 0.114 e. The summed E-state index contributed by atoms with van der Waals surface area (Å²) in [6.07, 6.45) is 4.91. The molecule has 3 heterocycles. The minimum atomic E-state index is 0.0709. The second-order valence-electron chi connectivity index (χ2n) is 6.43. The van der Waals surface area contributed by atoms with E-state index in [1.165, 1.54) is 17.2 Å². The zero-order valence-corrected chi connectivity index (χ0v) is 12.6. The molecule has 0 bridgehead atoms. The van der Waals surface area contributed by atoms with Gasteiger partial charge in [0.25, 0.3) is 0 Å². The number of aryl methyl sites for hydroxylation is 1. The van der Waals surface area contributed by atoms with Gasteiger partial charge in [-0.25, -0.2) is 4.98 Å². The van der Waals surface area contributed by atoms with Gasteiger partial charge in [0.1, 0.15) is 5.82 Å². The van der Waals surface area contributed by atoms with Gasteiger partial charge in [-0.15, -0.1) is 0 Å². The van der Waals surface area contributed by atoms with Crippen molar-refractivity contribution in [2.45, 2.75) is 52.2 Å². The molecule has 20 heavy (non-hydrogen) atoms. The van der Waals surface area contributed by atoms with Gasteiger partial charge in [-0.3, -0.25) is 4.68 Å². The van der Waals surface area contributed by atoms with Crippen molar-refractivity contribution in [2.24, 2.45) is 0 Å². The summed E-state index contributed by atoms with van der Waals surface area (Å²) in [7, 11) is 0. The molecule has 0 saturated carbocycles. The summed E-state index contributed by atoms with van der Waals surface area (Å²) in [4.78, 5) is 4.89. The second-order valence-corrected chi connectivity index (χ2v) is 6.43. The average Bonchev–Trinajstić information content (AvgIpc) is 3.03. The van der Waals surface area contributed by atoms with Gasteiger partial charge in [-0.2, -0.15) is 5.10 Å². The van der Waals surface area contributed by atoms with Gasteiger partial charge in [0, 0.05) is 49.6 Å². The van der Waals surface area contributed by atoms with Gasteiger partial charge in [0.15, 0.2) is 0 Å². The van der Waals surface area contributed by atoms with Crippen LogP contribution in [0.5, 0.6) is 0 Å². The normalized spacial score (nSPS) is 15.3. The van der Waals surface area contributed by atoms with Crippen LogP contribution >= 0.6 is 0 Å². The Bertz CT molecular complexity index is 574. The van der Waals surface area contributed by atoms with Crippen LogP contribution in [0.2, 0.25) is 0 Å². The molecule has 108 valence electrons. The molecule has 0 aliphatic carbocycles. The standard InChI is InChI=1S/C15H23N5/c1-15(2,3)14-18-12-11-16-7-5-13(12)20(14)10-9-19-8-4-6-17-19/h4,6,8,16H,5,7,9-11H2,1-3H3. The van der Waals surface area contributed by atoms with Crippen molar-refractivity contribution < 1.29 is 0 Å². The highest BCUT2D eigenvalue weighted by molar-refractivity contribution is 5.23. The van der Waals surface area contributed by atoms with Crippen LogP contribution < -0.4 is 5.32 Å². The highest BCUT2D eigenvalue weighted by atomic mass is 15.3. The summed E-state index contributed by atoms with van der Waals surface area (Å²) in [6.45, 7) is 10.5. The van der Waals surface area contributed by atoms with Crippen LogP contribution in [0.1, 0.15) is 38.0 Å². The van der Waals surface area contributed by atoms with Crippen LogP contribution in [0, 0.1) is 0 Å². The summed E-state index contributed by atoms with van der Waals surface area (Å²) in [6, 6.07) is 1.97. The van der Waals surface area contributed by atoms with E-state index >= 15 is 0 Å². The molecule has 5 heteroatoms. The van der Waals surface area contributed by atoms with E-state index in [0.717, 1.165) is 32.6 Å². The Morgan fingerprint density at radius 1 is 1.30 bits per heavy atom. The topological polar surface area (TPSA) is 47.7 Å². The molecule has 0 fully saturated rings. The van der Waals surface area contributed by atoms with E-state index in [4.69, 9.17) is 4.98 Å². The van der Waals surface area contributed by atoms with Crippen molar-refractivity contribution in [1.29, 1.82) is 0 Å². The maximum atomic E-state index is 4.89.